The molecule has 8 heteroatoms. The minimum atomic E-state index is -3.82. The molecule has 0 N–H and O–H groups in total. The lowest BCUT2D eigenvalue weighted by Gasteiger charge is -2.20. The van der Waals surface area contributed by atoms with Gasteiger partial charge >= 0.3 is 0 Å². The number of Topliss-reactive ketones (excluding diaryl/α,β-unsaturated/α-hetero) is 1. The van der Waals surface area contributed by atoms with Crippen LogP contribution in [0.3, 0.4) is 0 Å². The molecule has 0 spiro atoms. The van der Waals surface area contributed by atoms with Gasteiger partial charge < -0.3 is 4.42 Å². The highest BCUT2D eigenvalue weighted by Gasteiger charge is 2.43. The Balaban J connectivity index is 1.71. The standard InChI is InChI=1S/C21H19BrN2O4S/c22-16-7-4-8-18(13-16)29(26,27)20(15-9-10-17(25)12-15)21-24-23-19(28-21)11-14-5-2-1-3-6-14/h1-8,13,15,20H,9-12H2. The fraction of sp³-hybridized carbons (Fsp3) is 0.286. The molecule has 29 heavy (non-hydrogen) atoms. The summed E-state index contributed by atoms with van der Waals surface area (Å²) in [5.41, 5.74) is 0.991. The summed E-state index contributed by atoms with van der Waals surface area (Å²) in [5.74, 6) is 0.0885. The molecule has 2 aromatic carbocycles. The van der Waals surface area contributed by atoms with Crippen LogP contribution in [0.15, 0.2) is 68.4 Å². The van der Waals surface area contributed by atoms with Crippen LogP contribution >= 0.6 is 15.9 Å². The number of carbonyl (C=O) groups is 1. The molecule has 1 aromatic heterocycles. The molecule has 1 aliphatic carbocycles. The predicted molar refractivity (Wildman–Crippen MR) is 110 cm³/mol. The second kappa shape index (κ2) is 8.20. The van der Waals surface area contributed by atoms with Crippen molar-refractivity contribution >= 4 is 31.6 Å². The van der Waals surface area contributed by atoms with E-state index < -0.39 is 15.1 Å². The van der Waals surface area contributed by atoms with Gasteiger partial charge in [-0.3, -0.25) is 4.79 Å². The number of ketones is 1. The van der Waals surface area contributed by atoms with Gasteiger partial charge in [-0.2, -0.15) is 0 Å². The molecule has 1 saturated carbocycles. The van der Waals surface area contributed by atoms with E-state index >= 15 is 0 Å². The number of rotatable bonds is 6. The van der Waals surface area contributed by atoms with Crippen molar-refractivity contribution in [1.82, 2.24) is 10.2 Å². The fourth-order valence-electron chi connectivity index (χ4n) is 3.70. The minimum Gasteiger partial charge on any atom is -0.423 e. The monoisotopic (exact) mass is 474 g/mol. The van der Waals surface area contributed by atoms with Crippen molar-refractivity contribution in [2.24, 2.45) is 5.92 Å². The van der Waals surface area contributed by atoms with E-state index in [0.717, 1.165) is 5.56 Å². The normalized spacial score (nSPS) is 18.1. The number of nitrogens with zero attached hydrogens (tertiary/aromatic N) is 2. The first kappa shape index (κ1) is 20.0. The maximum Gasteiger partial charge on any atom is 0.235 e. The molecule has 6 nitrogen and oxygen atoms in total. The van der Waals surface area contributed by atoms with E-state index in [4.69, 9.17) is 4.42 Å². The largest absolute Gasteiger partial charge is 0.423 e. The van der Waals surface area contributed by atoms with E-state index in [1.165, 1.54) is 0 Å². The van der Waals surface area contributed by atoms with Crippen molar-refractivity contribution in [1.29, 1.82) is 0 Å². The van der Waals surface area contributed by atoms with Gasteiger partial charge in [-0.15, -0.1) is 10.2 Å². The molecule has 1 fully saturated rings. The molecule has 3 aromatic rings. The summed E-state index contributed by atoms with van der Waals surface area (Å²) in [4.78, 5) is 12.1. The fourth-order valence-corrected chi connectivity index (χ4v) is 6.21. The van der Waals surface area contributed by atoms with E-state index in [-0.39, 0.29) is 28.9 Å². The summed E-state index contributed by atoms with van der Waals surface area (Å²) < 4.78 is 33.4. The molecule has 1 heterocycles. The zero-order valence-corrected chi connectivity index (χ0v) is 17.9. The van der Waals surface area contributed by atoms with Crippen LogP contribution in [-0.4, -0.2) is 24.4 Å². The topological polar surface area (TPSA) is 90.1 Å². The Morgan fingerprint density at radius 2 is 1.90 bits per heavy atom. The molecule has 0 bridgehead atoms. The van der Waals surface area contributed by atoms with Gasteiger partial charge in [0.25, 0.3) is 0 Å². The van der Waals surface area contributed by atoms with E-state index in [0.29, 0.717) is 29.6 Å². The third kappa shape index (κ3) is 4.33. The van der Waals surface area contributed by atoms with Crippen LogP contribution in [0.2, 0.25) is 0 Å². The summed E-state index contributed by atoms with van der Waals surface area (Å²) in [7, 11) is -3.82. The Bertz CT molecular complexity index is 1130. The van der Waals surface area contributed by atoms with Crippen LogP contribution in [0.5, 0.6) is 0 Å². The molecule has 150 valence electrons. The average molecular weight is 475 g/mol. The lowest BCUT2D eigenvalue weighted by atomic mass is 10.0. The maximum absolute atomic E-state index is 13.5. The third-order valence-corrected chi connectivity index (χ3v) is 7.75. The van der Waals surface area contributed by atoms with Gasteiger partial charge in [0, 0.05) is 17.3 Å². The van der Waals surface area contributed by atoms with E-state index in [1.807, 2.05) is 30.3 Å². The first-order valence-electron chi connectivity index (χ1n) is 9.31. The van der Waals surface area contributed by atoms with Gasteiger partial charge in [0.15, 0.2) is 9.84 Å². The summed E-state index contributed by atoms with van der Waals surface area (Å²) in [6, 6.07) is 16.2. The van der Waals surface area contributed by atoms with E-state index in [2.05, 4.69) is 26.1 Å². The Morgan fingerprint density at radius 3 is 2.59 bits per heavy atom. The Kier molecular flexibility index (Phi) is 5.65. The van der Waals surface area contributed by atoms with Crippen molar-refractivity contribution in [3.8, 4) is 0 Å². The number of halogens is 1. The zero-order valence-electron chi connectivity index (χ0n) is 15.5. The number of benzene rings is 2. The lowest BCUT2D eigenvalue weighted by molar-refractivity contribution is -0.117. The van der Waals surface area contributed by atoms with Crippen molar-refractivity contribution < 1.29 is 17.6 Å². The quantitative estimate of drug-likeness (QED) is 0.528. The molecule has 1 aliphatic rings. The summed E-state index contributed by atoms with van der Waals surface area (Å²) in [5, 5.41) is 7.11. The van der Waals surface area contributed by atoms with Crippen LogP contribution in [-0.2, 0) is 21.1 Å². The van der Waals surface area contributed by atoms with E-state index in [1.54, 1.807) is 24.3 Å². The highest BCUT2D eigenvalue weighted by Crippen LogP contribution is 2.42. The Labute approximate surface area is 177 Å². The second-order valence-electron chi connectivity index (χ2n) is 7.16. The Morgan fingerprint density at radius 1 is 1.10 bits per heavy atom. The molecule has 0 saturated heterocycles. The molecule has 0 radical (unpaired) electrons. The molecule has 0 amide bonds. The number of hydrogen-bond donors (Lipinski definition) is 0. The molecule has 2 unspecified atom stereocenters. The number of carbonyl (C=O) groups excluding carboxylic acids is 1. The minimum absolute atomic E-state index is 0.0515. The summed E-state index contributed by atoms with van der Waals surface area (Å²) in [6.07, 6.45) is 1.49. The Hall–Kier alpha value is -2.32. The van der Waals surface area contributed by atoms with E-state index in [9.17, 15) is 13.2 Å². The van der Waals surface area contributed by atoms with Crippen molar-refractivity contribution in [2.75, 3.05) is 0 Å². The highest BCUT2D eigenvalue weighted by atomic mass is 79.9. The average Bonchev–Trinajstić information content (AvgIpc) is 3.32. The summed E-state index contributed by atoms with van der Waals surface area (Å²) in [6.45, 7) is 0. The summed E-state index contributed by atoms with van der Waals surface area (Å²) >= 11 is 3.32. The highest BCUT2D eigenvalue weighted by molar-refractivity contribution is 9.10. The molecular weight excluding hydrogens is 456 g/mol. The molecule has 4 rings (SSSR count). The van der Waals surface area contributed by atoms with Crippen LogP contribution in [0.4, 0.5) is 0 Å². The molecular formula is C21H19BrN2O4S. The van der Waals surface area contributed by atoms with Crippen LogP contribution in [0, 0.1) is 5.92 Å². The zero-order chi connectivity index (χ0) is 20.4. The first-order valence-corrected chi connectivity index (χ1v) is 11.6. The van der Waals surface area contributed by atoms with Crippen molar-refractivity contribution in [3.63, 3.8) is 0 Å². The third-order valence-electron chi connectivity index (χ3n) is 5.09. The maximum atomic E-state index is 13.5. The molecule has 2 atom stereocenters. The van der Waals surface area contributed by atoms with Crippen LogP contribution < -0.4 is 0 Å². The lowest BCUT2D eigenvalue weighted by Crippen LogP contribution is -2.22. The van der Waals surface area contributed by atoms with Gasteiger partial charge in [0.1, 0.15) is 11.0 Å². The van der Waals surface area contributed by atoms with Crippen molar-refractivity contribution in [2.45, 2.75) is 35.8 Å². The van der Waals surface area contributed by atoms with Gasteiger partial charge in [0.2, 0.25) is 11.8 Å². The van der Waals surface area contributed by atoms with Gasteiger partial charge in [-0.1, -0.05) is 52.3 Å². The number of aromatic nitrogens is 2. The SMILES string of the molecule is O=C1CCC(C(c2nnc(Cc3ccccc3)o2)S(=O)(=O)c2cccc(Br)c2)C1. The number of sulfone groups is 1. The van der Waals surface area contributed by atoms with Crippen LogP contribution in [0.25, 0.3) is 0 Å². The van der Waals surface area contributed by atoms with Gasteiger partial charge in [-0.25, -0.2) is 8.42 Å². The van der Waals surface area contributed by atoms with Crippen molar-refractivity contribution in [3.05, 3.63) is 76.4 Å². The predicted octanol–water partition coefficient (Wildman–Crippen LogP) is 4.31. The first-order chi connectivity index (χ1) is 13.9. The second-order valence-corrected chi connectivity index (χ2v) is 10.1. The number of hydrogen-bond acceptors (Lipinski definition) is 6. The van der Waals surface area contributed by atoms with Gasteiger partial charge in [-0.05, 0) is 36.1 Å². The smallest absolute Gasteiger partial charge is 0.235 e. The van der Waals surface area contributed by atoms with Crippen LogP contribution in [0.1, 0.15) is 41.9 Å². The molecule has 0 aliphatic heterocycles. The van der Waals surface area contributed by atoms with Gasteiger partial charge in [0.05, 0.1) is 11.3 Å².